The van der Waals surface area contributed by atoms with Crippen LogP contribution in [0.2, 0.25) is 0 Å². The van der Waals surface area contributed by atoms with Crippen LogP contribution in [0, 0.1) is 19.7 Å². The summed E-state index contributed by atoms with van der Waals surface area (Å²) in [5.41, 5.74) is 2.69. The largest absolute Gasteiger partial charge is 0.367 e. The van der Waals surface area contributed by atoms with Crippen LogP contribution in [0.3, 0.4) is 0 Å². The van der Waals surface area contributed by atoms with E-state index in [1.165, 1.54) is 6.07 Å². The summed E-state index contributed by atoms with van der Waals surface area (Å²) in [5.74, 6) is 0.579. The van der Waals surface area contributed by atoms with E-state index >= 15 is 0 Å². The van der Waals surface area contributed by atoms with Gasteiger partial charge in [0.05, 0.1) is 5.69 Å². The summed E-state index contributed by atoms with van der Waals surface area (Å²) in [6.45, 7) is 9.52. The first kappa shape index (κ1) is 17.6. The molecular weight excluding hydrogens is 317 g/mol. The van der Waals surface area contributed by atoms with Gasteiger partial charge in [0.2, 0.25) is 5.95 Å². The summed E-state index contributed by atoms with van der Waals surface area (Å²) in [7, 11) is 0. The van der Waals surface area contributed by atoms with Gasteiger partial charge in [-0.05, 0) is 45.0 Å². The molecule has 5 nitrogen and oxygen atoms in total. The Balaban J connectivity index is 1.39. The maximum Gasteiger partial charge on any atom is 0.223 e. The fourth-order valence-electron chi connectivity index (χ4n) is 3.23. The molecule has 2 aromatic rings. The number of hydrogen-bond donors (Lipinski definition) is 1. The van der Waals surface area contributed by atoms with Crippen LogP contribution in [0.1, 0.15) is 17.8 Å². The summed E-state index contributed by atoms with van der Waals surface area (Å²) in [6, 6.07) is 8.99. The molecule has 0 aliphatic carbocycles. The first-order valence-electron chi connectivity index (χ1n) is 8.90. The van der Waals surface area contributed by atoms with Gasteiger partial charge in [0.1, 0.15) is 5.82 Å². The molecule has 0 atom stereocenters. The van der Waals surface area contributed by atoms with Crippen LogP contribution in [0.25, 0.3) is 0 Å². The highest BCUT2D eigenvalue weighted by molar-refractivity contribution is 5.48. The number of aryl methyl sites for hydroxylation is 2. The standard InChI is InChI=1S/C19H26FN5/c1-15-14-16(2)23-19(22-15)21-8-5-9-24-10-12-25(13-11-24)18-7-4-3-6-17(18)20/h3-4,6-7,14H,5,8-13H2,1-2H3,(H,21,22,23). The molecule has 1 N–H and O–H groups in total. The van der Waals surface area contributed by atoms with Gasteiger partial charge in [0.25, 0.3) is 0 Å². The number of hydrogen-bond acceptors (Lipinski definition) is 5. The van der Waals surface area contributed by atoms with Crippen molar-refractivity contribution in [1.29, 1.82) is 0 Å². The van der Waals surface area contributed by atoms with Crippen LogP contribution in [0.5, 0.6) is 0 Å². The number of rotatable bonds is 6. The lowest BCUT2D eigenvalue weighted by Crippen LogP contribution is -2.47. The summed E-state index contributed by atoms with van der Waals surface area (Å²) in [4.78, 5) is 13.3. The zero-order chi connectivity index (χ0) is 17.6. The average molecular weight is 343 g/mol. The smallest absolute Gasteiger partial charge is 0.223 e. The van der Waals surface area contributed by atoms with Gasteiger partial charge in [-0.15, -0.1) is 0 Å². The summed E-state index contributed by atoms with van der Waals surface area (Å²) in [5, 5.41) is 3.30. The van der Waals surface area contributed by atoms with Crippen LogP contribution in [0.4, 0.5) is 16.0 Å². The number of piperazine rings is 1. The van der Waals surface area contributed by atoms with Gasteiger partial charge in [-0.25, -0.2) is 14.4 Å². The second kappa shape index (κ2) is 8.25. The van der Waals surface area contributed by atoms with Crippen LogP contribution in [0.15, 0.2) is 30.3 Å². The fraction of sp³-hybridized carbons (Fsp3) is 0.474. The molecule has 25 heavy (non-hydrogen) atoms. The predicted molar refractivity (Wildman–Crippen MR) is 99.7 cm³/mol. The number of nitrogens with zero attached hydrogens (tertiary/aromatic N) is 4. The fourth-order valence-corrected chi connectivity index (χ4v) is 3.23. The number of para-hydroxylation sites is 1. The molecule has 0 bridgehead atoms. The van der Waals surface area contributed by atoms with E-state index in [0.717, 1.165) is 62.8 Å². The molecule has 6 heteroatoms. The first-order chi connectivity index (χ1) is 12.1. The molecular formula is C19H26FN5. The van der Waals surface area contributed by atoms with E-state index in [1.807, 2.05) is 32.0 Å². The highest BCUT2D eigenvalue weighted by atomic mass is 19.1. The van der Waals surface area contributed by atoms with E-state index in [4.69, 9.17) is 0 Å². The van der Waals surface area contributed by atoms with Gasteiger partial charge in [-0.3, -0.25) is 4.90 Å². The van der Waals surface area contributed by atoms with E-state index in [0.29, 0.717) is 5.95 Å². The third-order valence-corrected chi connectivity index (χ3v) is 4.48. The first-order valence-corrected chi connectivity index (χ1v) is 8.90. The minimum absolute atomic E-state index is 0.131. The molecule has 0 radical (unpaired) electrons. The van der Waals surface area contributed by atoms with Crippen LogP contribution in [-0.2, 0) is 0 Å². The predicted octanol–water partition coefficient (Wildman–Crippen LogP) is 2.86. The average Bonchev–Trinajstić information content (AvgIpc) is 2.59. The molecule has 1 fully saturated rings. The quantitative estimate of drug-likeness (QED) is 0.817. The zero-order valence-electron chi connectivity index (χ0n) is 15.0. The number of aromatic nitrogens is 2. The van der Waals surface area contributed by atoms with E-state index in [9.17, 15) is 4.39 Å². The number of benzene rings is 1. The molecule has 0 spiro atoms. The number of nitrogens with one attached hydrogen (secondary N) is 1. The minimum atomic E-state index is -0.131. The van der Waals surface area contributed by atoms with Crippen molar-refractivity contribution in [3.8, 4) is 0 Å². The van der Waals surface area contributed by atoms with Gasteiger partial charge in [0, 0.05) is 44.1 Å². The molecule has 134 valence electrons. The Morgan fingerprint density at radius 1 is 1.04 bits per heavy atom. The molecule has 0 unspecified atom stereocenters. The molecule has 1 aromatic heterocycles. The third kappa shape index (κ3) is 4.89. The summed E-state index contributed by atoms with van der Waals surface area (Å²) in [6.07, 6.45) is 1.04. The minimum Gasteiger partial charge on any atom is -0.367 e. The van der Waals surface area contributed by atoms with Crippen molar-refractivity contribution in [3.05, 3.63) is 47.5 Å². The van der Waals surface area contributed by atoms with Gasteiger partial charge >= 0.3 is 0 Å². The molecule has 1 aromatic carbocycles. The maximum atomic E-state index is 13.9. The lowest BCUT2D eigenvalue weighted by molar-refractivity contribution is 0.256. The van der Waals surface area contributed by atoms with E-state index in [2.05, 4.69) is 25.1 Å². The van der Waals surface area contributed by atoms with Crippen LogP contribution < -0.4 is 10.2 Å². The normalized spacial score (nSPS) is 15.4. The Labute approximate surface area is 148 Å². The van der Waals surface area contributed by atoms with Crippen molar-refractivity contribution >= 4 is 11.6 Å². The molecule has 1 saturated heterocycles. The maximum absolute atomic E-state index is 13.9. The zero-order valence-corrected chi connectivity index (χ0v) is 15.0. The van der Waals surface area contributed by atoms with Gasteiger partial charge < -0.3 is 10.2 Å². The van der Waals surface area contributed by atoms with Crippen molar-refractivity contribution in [2.75, 3.05) is 49.5 Å². The van der Waals surface area contributed by atoms with Crippen molar-refractivity contribution in [2.24, 2.45) is 0 Å². The van der Waals surface area contributed by atoms with E-state index in [-0.39, 0.29) is 5.82 Å². The van der Waals surface area contributed by atoms with Crippen molar-refractivity contribution in [1.82, 2.24) is 14.9 Å². The Bertz CT molecular complexity index is 678. The molecule has 0 amide bonds. The molecule has 1 aliphatic heterocycles. The molecule has 3 rings (SSSR count). The Morgan fingerprint density at radius 2 is 1.72 bits per heavy atom. The second-order valence-electron chi connectivity index (χ2n) is 6.53. The molecule has 1 aliphatic rings. The molecule has 2 heterocycles. The van der Waals surface area contributed by atoms with Crippen LogP contribution >= 0.6 is 0 Å². The van der Waals surface area contributed by atoms with Crippen molar-refractivity contribution in [2.45, 2.75) is 20.3 Å². The van der Waals surface area contributed by atoms with Crippen molar-refractivity contribution in [3.63, 3.8) is 0 Å². The van der Waals surface area contributed by atoms with E-state index in [1.54, 1.807) is 6.07 Å². The lowest BCUT2D eigenvalue weighted by atomic mass is 10.2. The van der Waals surface area contributed by atoms with Crippen LogP contribution in [-0.4, -0.2) is 54.1 Å². The van der Waals surface area contributed by atoms with Crippen molar-refractivity contribution < 1.29 is 4.39 Å². The summed E-state index contributed by atoms with van der Waals surface area (Å²) < 4.78 is 13.9. The summed E-state index contributed by atoms with van der Waals surface area (Å²) >= 11 is 0. The lowest BCUT2D eigenvalue weighted by Gasteiger charge is -2.36. The van der Waals surface area contributed by atoms with Gasteiger partial charge in [-0.2, -0.15) is 0 Å². The Hall–Kier alpha value is -2.21. The number of anilines is 2. The highest BCUT2D eigenvalue weighted by Gasteiger charge is 2.18. The topological polar surface area (TPSA) is 44.3 Å². The van der Waals surface area contributed by atoms with Gasteiger partial charge in [0.15, 0.2) is 0 Å². The number of halogens is 1. The Kier molecular flexibility index (Phi) is 5.81. The van der Waals surface area contributed by atoms with Gasteiger partial charge in [-0.1, -0.05) is 12.1 Å². The Morgan fingerprint density at radius 3 is 2.40 bits per heavy atom. The highest BCUT2D eigenvalue weighted by Crippen LogP contribution is 2.20. The van der Waals surface area contributed by atoms with E-state index < -0.39 is 0 Å². The second-order valence-corrected chi connectivity index (χ2v) is 6.53. The SMILES string of the molecule is Cc1cc(C)nc(NCCCN2CCN(c3ccccc3F)CC2)n1. The third-order valence-electron chi connectivity index (χ3n) is 4.48. The molecule has 0 saturated carbocycles. The monoisotopic (exact) mass is 343 g/mol.